The van der Waals surface area contributed by atoms with Crippen molar-refractivity contribution in [1.82, 2.24) is 0 Å². The number of fused-ring (bicyclic) bond motifs is 5. The summed E-state index contributed by atoms with van der Waals surface area (Å²) < 4.78 is 28.5. The second-order valence-electron chi connectivity index (χ2n) is 16.2. The number of carbonyl (C=O) groups excluding carboxylic acids is 2. The topological polar surface area (TPSA) is 242 Å². The molecule has 7 aliphatic rings. The van der Waals surface area contributed by atoms with Gasteiger partial charge in [-0.3, -0.25) is 0 Å². The van der Waals surface area contributed by atoms with Crippen molar-refractivity contribution >= 4 is 12.3 Å². The monoisotopic (exact) mass is 712 g/mol. The molecule has 19 unspecified atom stereocenters. The summed E-state index contributed by atoms with van der Waals surface area (Å²) in [6.07, 6.45) is -8.56. The van der Waals surface area contributed by atoms with Gasteiger partial charge in [0, 0.05) is 29.2 Å². The van der Waals surface area contributed by atoms with E-state index in [0.29, 0.717) is 50.5 Å². The first-order valence-corrected chi connectivity index (χ1v) is 18.1. The zero-order valence-corrected chi connectivity index (χ0v) is 28.4. The molecule has 15 heteroatoms. The molecule has 8 N–H and O–H groups in total. The van der Waals surface area contributed by atoms with Gasteiger partial charge in [0.15, 0.2) is 12.6 Å². The lowest BCUT2D eigenvalue weighted by Gasteiger charge is -2.63. The standard InChI is InChI=1S/C35H52O15/c1-15-30(50-32-28(43)26(41)25(40)22(12-36)49-32)27(42)29(44)31(47-15)48-18-5-8-34(14-37)17(10-18)3-4-20-19(34)6-7-33(2)24(16-9-23(39)46-13-16)21(38)11-35(20,33)45/h9,14-15,17-22,24-32,36,38,40-45H,3-8,10-13H2,1-2H3. The minimum Gasteiger partial charge on any atom is -0.458 e. The number of cyclic esters (lactones) is 1. The van der Waals surface area contributed by atoms with Gasteiger partial charge in [-0.1, -0.05) is 6.92 Å². The summed E-state index contributed by atoms with van der Waals surface area (Å²) in [6.45, 7) is 3.05. The highest BCUT2D eigenvalue weighted by Crippen LogP contribution is 2.69. The quantitative estimate of drug-likeness (QED) is 0.0845. The van der Waals surface area contributed by atoms with E-state index in [-0.39, 0.29) is 30.8 Å². The Morgan fingerprint density at radius 1 is 0.900 bits per heavy atom. The van der Waals surface area contributed by atoms with E-state index < -0.39 is 109 Å². The third-order valence-corrected chi connectivity index (χ3v) is 13.9. The number of aldehydes is 1. The zero-order chi connectivity index (χ0) is 35.9. The second kappa shape index (κ2) is 13.4. The highest BCUT2D eigenvalue weighted by atomic mass is 16.7. The Kier molecular flexibility index (Phi) is 9.82. The van der Waals surface area contributed by atoms with Crippen LogP contribution >= 0.6 is 0 Å². The maximum absolute atomic E-state index is 13.1. The van der Waals surface area contributed by atoms with E-state index in [1.807, 2.05) is 6.92 Å². The molecule has 19 atom stereocenters. The summed E-state index contributed by atoms with van der Waals surface area (Å²) >= 11 is 0. The van der Waals surface area contributed by atoms with Crippen molar-refractivity contribution in [1.29, 1.82) is 0 Å². The van der Waals surface area contributed by atoms with Crippen molar-refractivity contribution in [3.63, 3.8) is 0 Å². The molecule has 7 rings (SSSR count). The molecule has 0 bridgehead atoms. The molecule has 15 nitrogen and oxygen atoms in total. The highest BCUT2D eigenvalue weighted by molar-refractivity contribution is 5.85. The number of aliphatic hydroxyl groups excluding tert-OH is 7. The van der Waals surface area contributed by atoms with Gasteiger partial charge >= 0.3 is 5.97 Å². The molecule has 0 aromatic rings. The first-order valence-electron chi connectivity index (χ1n) is 18.1. The smallest absolute Gasteiger partial charge is 0.331 e. The largest absolute Gasteiger partial charge is 0.458 e. The number of carbonyl (C=O) groups is 2. The molecule has 4 aliphatic carbocycles. The molecule has 282 valence electrons. The lowest BCUT2D eigenvalue weighted by atomic mass is 9.43. The van der Waals surface area contributed by atoms with Gasteiger partial charge in [0.2, 0.25) is 0 Å². The first kappa shape index (κ1) is 36.7. The molecule has 50 heavy (non-hydrogen) atoms. The number of hydrogen-bond donors (Lipinski definition) is 8. The van der Waals surface area contributed by atoms with Crippen LogP contribution in [0.3, 0.4) is 0 Å². The van der Waals surface area contributed by atoms with Crippen molar-refractivity contribution < 1.29 is 74.1 Å². The molecule has 0 amide bonds. The average molecular weight is 713 g/mol. The van der Waals surface area contributed by atoms with Crippen LogP contribution in [0.2, 0.25) is 0 Å². The van der Waals surface area contributed by atoms with E-state index >= 15 is 0 Å². The number of rotatable bonds is 7. The minimum absolute atomic E-state index is 0.0519. The van der Waals surface area contributed by atoms with E-state index in [0.717, 1.165) is 6.29 Å². The van der Waals surface area contributed by atoms with Crippen LogP contribution in [-0.4, -0.2) is 146 Å². The van der Waals surface area contributed by atoms with Crippen LogP contribution in [0.5, 0.6) is 0 Å². The van der Waals surface area contributed by atoms with Gasteiger partial charge in [-0.2, -0.15) is 0 Å². The zero-order valence-electron chi connectivity index (χ0n) is 28.4. The molecule has 0 radical (unpaired) electrons. The van der Waals surface area contributed by atoms with E-state index in [2.05, 4.69) is 0 Å². The third kappa shape index (κ3) is 5.54. The van der Waals surface area contributed by atoms with Crippen LogP contribution in [0.15, 0.2) is 11.6 Å². The van der Waals surface area contributed by atoms with Crippen LogP contribution in [-0.2, 0) is 33.3 Å². The third-order valence-electron chi connectivity index (χ3n) is 13.9. The normalized spacial score (nSPS) is 55.0. The summed E-state index contributed by atoms with van der Waals surface area (Å²) in [5.41, 5.74) is -1.88. The maximum atomic E-state index is 13.1. The van der Waals surface area contributed by atoms with Gasteiger partial charge in [0.25, 0.3) is 0 Å². The van der Waals surface area contributed by atoms with Gasteiger partial charge in [-0.15, -0.1) is 0 Å². The molecule has 4 saturated carbocycles. The first-order chi connectivity index (χ1) is 23.7. The van der Waals surface area contributed by atoms with Crippen LogP contribution in [0.25, 0.3) is 0 Å². The van der Waals surface area contributed by atoms with E-state index in [4.69, 9.17) is 23.7 Å². The molecule has 6 fully saturated rings. The Labute approximate surface area is 290 Å². The lowest BCUT2D eigenvalue weighted by molar-refractivity contribution is -0.360. The molecule has 2 saturated heterocycles. The van der Waals surface area contributed by atoms with Crippen LogP contribution in [0.4, 0.5) is 0 Å². The number of esters is 1. The van der Waals surface area contributed by atoms with Gasteiger partial charge in [0.05, 0.1) is 30.5 Å². The van der Waals surface area contributed by atoms with E-state index in [1.165, 1.54) is 6.08 Å². The highest BCUT2D eigenvalue weighted by Gasteiger charge is 2.71. The fourth-order valence-corrected chi connectivity index (χ4v) is 11.3. The van der Waals surface area contributed by atoms with Gasteiger partial charge in [-0.25, -0.2) is 4.79 Å². The minimum atomic E-state index is -1.70. The fraction of sp³-hybridized carbons (Fsp3) is 0.886. The molecular weight excluding hydrogens is 660 g/mol. The molecule has 3 heterocycles. The van der Waals surface area contributed by atoms with Gasteiger partial charge < -0.3 is 69.3 Å². The maximum Gasteiger partial charge on any atom is 0.331 e. The average Bonchev–Trinajstić information content (AvgIpc) is 3.60. The van der Waals surface area contributed by atoms with Crippen molar-refractivity contribution in [2.24, 2.45) is 34.5 Å². The van der Waals surface area contributed by atoms with Crippen LogP contribution in [0, 0.1) is 34.5 Å². The summed E-state index contributed by atoms with van der Waals surface area (Å²) in [6, 6.07) is 0. The summed E-state index contributed by atoms with van der Waals surface area (Å²) in [7, 11) is 0. The lowest BCUT2D eigenvalue weighted by Crippen LogP contribution is -2.64. The SMILES string of the molecule is CC1OC(OC2CCC3(C=O)C(CCC4C3CCC3(C)C(C5=CC(=O)OC5)C(O)CC43O)C2)C(O)C(O)C1OC1OC(CO)C(O)C(O)C1O. The molecule has 0 aromatic heterocycles. The van der Waals surface area contributed by atoms with Crippen molar-refractivity contribution in [3.05, 3.63) is 11.6 Å². The van der Waals surface area contributed by atoms with Crippen LogP contribution in [0.1, 0.15) is 65.2 Å². The Bertz CT molecular complexity index is 1330. The summed E-state index contributed by atoms with van der Waals surface area (Å²) in [5, 5.41) is 86.0. The van der Waals surface area contributed by atoms with E-state index in [1.54, 1.807) is 6.92 Å². The predicted octanol–water partition coefficient (Wildman–Crippen LogP) is -1.57. The van der Waals surface area contributed by atoms with Gasteiger partial charge in [0.1, 0.15) is 55.6 Å². The fourth-order valence-electron chi connectivity index (χ4n) is 11.3. The van der Waals surface area contributed by atoms with Gasteiger partial charge in [-0.05, 0) is 75.2 Å². The Morgan fingerprint density at radius 3 is 2.30 bits per heavy atom. The summed E-state index contributed by atoms with van der Waals surface area (Å²) in [5.74, 6) is -1.20. The number of aliphatic hydroxyl groups is 8. The number of ether oxygens (including phenoxy) is 5. The summed E-state index contributed by atoms with van der Waals surface area (Å²) in [4.78, 5) is 25.0. The molecular formula is C35H52O15. The number of hydrogen-bond acceptors (Lipinski definition) is 15. The second-order valence-corrected chi connectivity index (χ2v) is 16.2. The van der Waals surface area contributed by atoms with Crippen LogP contribution < -0.4 is 0 Å². The van der Waals surface area contributed by atoms with Crippen molar-refractivity contribution in [2.75, 3.05) is 13.2 Å². The Hall–Kier alpha value is -1.60. The Morgan fingerprint density at radius 2 is 1.62 bits per heavy atom. The molecule has 0 spiro atoms. The molecule has 0 aromatic carbocycles. The molecule has 3 aliphatic heterocycles. The Balaban J connectivity index is 1.01. The van der Waals surface area contributed by atoms with Crippen molar-refractivity contribution in [2.45, 2.75) is 144 Å². The van der Waals surface area contributed by atoms with Crippen molar-refractivity contribution in [3.8, 4) is 0 Å². The van der Waals surface area contributed by atoms with E-state index in [9.17, 15) is 50.4 Å². The predicted molar refractivity (Wildman–Crippen MR) is 167 cm³/mol.